The minimum Gasteiger partial charge on any atom is -0.261 e. The van der Waals surface area contributed by atoms with Gasteiger partial charge in [-0.15, -0.1) is 23.7 Å². The summed E-state index contributed by atoms with van der Waals surface area (Å²) >= 11 is 19.5. The van der Waals surface area contributed by atoms with Crippen LogP contribution >= 0.6 is 58.5 Å². The van der Waals surface area contributed by atoms with Crippen molar-refractivity contribution >= 4 is 64.8 Å². The second-order valence-corrected chi connectivity index (χ2v) is 6.95. The maximum absolute atomic E-state index is 6.13. The van der Waals surface area contributed by atoms with Gasteiger partial charge in [0.05, 0.1) is 22.0 Å². The fourth-order valence-electron chi connectivity index (χ4n) is 2.09. The quantitative estimate of drug-likeness (QED) is 0.453. The molecule has 0 amide bonds. The van der Waals surface area contributed by atoms with E-state index in [1.807, 2.05) is 41.8 Å². The molecule has 0 aliphatic carbocycles. The molecule has 25 heavy (non-hydrogen) atoms. The van der Waals surface area contributed by atoms with Crippen molar-refractivity contribution in [3.8, 4) is 11.3 Å². The van der Waals surface area contributed by atoms with Gasteiger partial charge in [-0.2, -0.15) is 5.10 Å². The molecule has 1 aromatic heterocycles. The van der Waals surface area contributed by atoms with Gasteiger partial charge < -0.3 is 0 Å². The fourth-order valence-corrected chi connectivity index (χ4v) is 3.32. The van der Waals surface area contributed by atoms with Crippen LogP contribution in [-0.4, -0.2) is 17.9 Å². The fraction of sp³-hybridized carbons (Fsp3) is 0.0588. The van der Waals surface area contributed by atoms with Crippen LogP contribution in [-0.2, 0) is 0 Å². The molecule has 0 saturated heterocycles. The van der Waals surface area contributed by atoms with E-state index in [1.165, 1.54) is 11.3 Å². The number of hydrogen-bond acceptors (Lipinski definition) is 3. The Bertz CT molecular complexity index is 959. The Hall–Kier alpha value is -1.30. The lowest BCUT2D eigenvalue weighted by Crippen LogP contribution is -2.11. The smallest absolute Gasteiger partial charge is 0.205 e. The first-order valence-corrected chi connectivity index (χ1v) is 8.98. The van der Waals surface area contributed by atoms with E-state index in [-0.39, 0.29) is 12.4 Å². The molecule has 0 aliphatic rings. The molecule has 1 heterocycles. The molecule has 3 aromatic rings. The van der Waals surface area contributed by atoms with Crippen molar-refractivity contribution in [2.24, 2.45) is 10.1 Å². The van der Waals surface area contributed by atoms with E-state index in [0.29, 0.717) is 15.1 Å². The summed E-state index contributed by atoms with van der Waals surface area (Å²) < 4.78 is 1.78. The number of rotatable bonds is 3. The van der Waals surface area contributed by atoms with Crippen molar-refractivity contribution < 1.29 is 0 Å². The summed E-state index contributed by atoms with van der Waals surface area (Å²) in [6, 6.07) is 13.0. The molecule has 0 fully saturated rings. The Balaban J connectivity index is 0.00000225. The highest BCUT2D eigenvalue weighted by atomic mass is 35.5. The summed E-state index contributed by atoms with van der Waals surface area (Å²) in [5, 5.41) is 8.26. The molecule has 8 heteroatoms. The van der Waals surface area contributed by atoms with Crippen LogP contribution in [0.15, 0.2) is 57.9 Å². The Kier molecular flexibility index (Phi) is 7.11. The van der Waals surface area contributed by atoms with Crippen LogP contribution in [0.25, 0.3) is 11.3 Å². The van der Waals surface area contributed by atoms with Gasteiger partial charge in [-0.1, -0.05) is 53.0 Å². The van der Waals surface area contributed by atoms with Crippen molar-refractivity contribution in [3.05, 3.63) is 73.3 Å². The molecule has 0 bridgehead atoms. The average Bonchev–Trinajstić information content (AvgIpc) is 3.00. The SMILES string of the molecule is CN=c1scc(-c2ccc(Cl)c(Cl)c2)n1N=Cc1ccc(Cl)cc1.Cl. The molecular formula is C17H13Cl4N3S. The Morgan fingerprint density at radius 1 is 1.00 bits per heavy atom. The van der Waals surface area contributed by atoms with Gasteiger partial charge in [0.15, 0.2) is 0 Å². The maximum atomic E-state index is 6.13. The molecule has 0 saturated carbocycles. The van der Waals surface area contributed by atoms with Gasteiger partial charge >= 0.3 is 0 Å². The van der Waals surface area contributed by atoms with Crippen LogP contribution < -0.4 is 4.80 Å². The molecule has 3 rings (SSSR count). The first kappa shape index (κ1) is 20.0. The summed E-state index contributed by atoms with van der Waals surface area (Å²) in [5.74, 6) is 0. The number of hydrogen-bond donors (Lipinski definition) is 0. The molecule has 3 nitrogen and oxygen atoms in total. The van der Waals surface area contributed by atoms with Gasteiger partial charge in [-0.05, 0) is 29.8 Å². The average molecular weight is 433 g/mol. The zero-order chi connectivity index (χ0) is 17.1. The standard InChI is InChI=1S/C17H12Cl3N3S.ClH/c1-21-17-23(22-9-11-2-5-13(18)6-3-11)16(10-24-17)12-4-7-14(19)15(20)8-12;/h2-10H,1H3;1H. The van der Waals surface area contributed by atoms with Crippen molar-refractivity contribution in [1.29, 1.82) is 0 Å². The second-order valence-electron chi connectivity index (χ2n) is 4.86. The van der Waals surface area contributed by atoms with E-state index in [1.54, 1.807) is 24.0 Å². The number of thiazole rings is 1. The Morgan fingerprint density at radius 3 is 2.36 bits per heavy atom. The van der Waals surface area contributed by atoms with Gasteiger partial charge in [0.2, 0.25) is 4.80 Å². The number of aromatic nitrogens is 1. The summed E-state index contributed by atoms with van der Waals surface area (Å²) in [6.45, 7) is 0. The minimum absolute atomic E-state index is 0. The van der Waals surface area contributed by atoms with E-state index < -0.39 is 0 Å². The predicted molar refractivity (Wildman–Crippen MR) is 111 cm³/mol. The number of benzene rings is 2. The van der Waals surface area contributed by atoms with E-state index in [4.69, 9.17) is 34.8 Å². The zero-order valence-electron chi connectivity index (χ0n) is 13.0. The molecule has 0 aliphatic heterocycles. The van der Waals surface area contributed by atoms with Gasteiger partial charge in [0, 0.05) is 23.0 Å². The minimum atomic E-state index is 0. The summed E-state index contributed by atoms with van der Waals surface area (Å²) in [4.78, 5) is 5.05. The van der Waals surface area contributed by atoms with E-state index in [0.717, 1.165) is 21.6 Å². The first-order valence-electron chi connectivity index (χ1n) is 6.97. The van der Waals surface area contributed by atoms with Gasteiger partial charge in [-0.25, -0.2) is 4.68 Å². The summed E-state index contributed by atoms with van der Waals surface area (Å²) in [5.41, 5.74) is 2.76. The van der Waals surface area contributed by atoms with Crippen LogP contribution in [0.1, 0.15) is 5.56 Å². The van der Waals surface area contributed by atoms with E-state index >= 15 is 0 Å². The van der Waals surface area contributed by atoms with Gasteiger partial charge in [0.1, 0.15) is 0 Å². The van der Waals surface area contributed by atoms with Crippen molar-refractivity contribution in [3.63, 3.8) is 0 Å². The van der Waals surface area contributed by atoms with Crippen molar-refractivity contribution in [2.45, 2.75) is 0 Å². The maximum Gasteiger partial charge on any atom is 0.205 e. The molecule has 0 N–H and O–H groups in total. The van der Waals surface area contributed by atoms with Crippen LogP contribution in [0.2, 0.25) is 15.1 Å². The third kappa shape index (κ3) is 4.66. The molecule has 2 aromatic carbocycles. The van der Waals surface area contributed by atoms with Crippen LogP contribution in [0.3, 0.4) is 0 Å². The van der Waals surface area contributed by atoms with Crippen molar-refractivity contribution in [2.75, 3.05) is 7.05 Å². The summed E-state index contributed by atoms with van der Waals surface area (Å²) in [7, 11) is 1.73. The van der Waals surface area contributed by atoms with Crippen LogP contribution in [0.5, 0.6) is 0 Å². The highest BCUT2D eigenvalue weighted by molar-refractivity contribution is 7.07. The molecular weight excluding hydrogens is 420 g/mol. The van der Waals surface area contributed by atoms with Crippen LogP contribution in [0, 0.1) is 0 Å². The Labute approximate surface area is 170 Å². The molecule has 0 unspecified atom stereocenters. The van der Waals surface area contributed by atoms with Gasteiger partial charge in [-0.3, -0.25) is 4.99 Å². The molecule has 130 valence electrons. The predicted octanol–water partition coefficient (Wildman–Crippen LogP) is 6.01. The van der Waals surface area contributed by atoms with Crippen LogP contribution in [0.4, 0.5) is 0 Å². The van der Waals surface area contributed by atoms with Crippen molar-refractivity contribution in [1.82, 2.24) is 4.68 Å². The number of nitrogens with zero attached hydrogens (tertiary/aromatic N) is 3. The summed E-state index contributed by atoms with van der Waals surface area (Å²) in [6.07, 6.45) is 1.76. The lowest BCUT2D eigenvalue weighted by Gasteiger charge is -2.05. The monoisotopic (exact) mass is 431 g/mol. The van der Waals surface area contributed by atoms with E-state index in [9.17, 15) is 0 Å². The molecule has 0 atom stereocenters. The second kappa shape index (κ2) is 8.88. The topological polar surface area (TPSA) is 29.6 Å². The zero-order valence-corrected chi connectivity index (χ0v) is 16.9. The first-order chi connectivity index (χ1) is 11.6. The lowest BCUT2D eigenvalue weighted by molar-refractivity contribution is 0.848. The Morgan fingerprint density at radius 2 is 1.72 bits per heavy atom. The molecule has 0 spiro atoms. The van der Waals surface area contributed by atoms with E-state index in [2.05, 4.69) is 10.1 Å². The van der Waals surface area contributed by atoms with Gasteiger partial charge in [0.25, 0.3) is 0 Å². The third-order valence-corrected chi connectivity index (χ3v) is 5.18. The largest absolute Gasteiger partial charge is 0.261 e. The number of halogens is 4. The highest BCUT2D eigenvalue weighted by Gasteiger charge is 2.09. The third-order valence-electron chi connectivity index (χ3n) is 3.28. The lowest BCUT2D eigenvalue weighted by atomic mass is 10.2. The molecule has 0 radical (unpaired) electrons. The highest BCUT2D eigenvalue weighted by Crippen LogP contribution is 2.28. The normalized spacial score (nSPS) is 11.8.